The summed E-state index contributed by atoms with van der Waals surface area (Å²) in [4.78, 5) is 21.2. The molecule has 0 aromatic carbocycles. The minimum Gasteiger partial charge on any atom is -0.481 e. The van der Waals surface area contributed by atoms with Crippen molar-refractivity contribution in [2.45, 2.75) is 19.3 Å². The zero-order valence-electron chi connectivity index (χ0n) is 6.29. The second-order valence-electron chi connectivity index (χ2n) is 2.84. The molecule has 0 aromatic heterocycles. The largest absolute Gasteiger partial charge is 0.481 e. The zero-order chi connectivity index (χ0) is 8.48. The Morgan fingerprint density at radius 3 is 2.36 bits per heavy atom. The van der Waals surface area contributed by atoms with Crippen LogP contribution in [0.25, 0.3) is 0 Å². The molecule has 11 heavy (non-hydrogen) atoms. The molecule has 0 unspecified atom stereocenters. The van der Waals surface area contributed by atoms with E-state index in [1.54, 1.807) is 0 Å². The third kappa shape index (κ3) is 1.50. The number of methoxy groups -OCH3 is 1. The fourth-order valence-corrected chi connectivity index (χ4v) is 0.966. The molecular weight excluding hydrogens is 148 g/mol. The Morgan fingerprint density at radius 1 is 1.55 bits per heavy atom. The van der Waals surface area contributed by atoms with Crippen molar-refractivity contribution < 1.29 is 19.4 Å². The van der Waals surface area contributed by atoms with Crippen molar-refractivity contribution in [1.82, 2.24) is 0 Å². The lowest BCUT2D eigenvalue weighted by molar-refractivity contribution is -0.151. The van der Waals surface area contributed by atoms with Gasteiger partial charge < -0.3 is 9.84 Å². The third-order valence-corrected chi connectivity index (χ3v) is 2.02. The number of carbonyl (C=O) groups excluding carboxylic acids is 1. The van der Waals surface area contributed by atoms with Crippen LogP contribution >= 0.6 is 0 Å². The second kappa shape index (κ2) is 2.53. The zero-order valence-corrected chi connectivity index (χ0v) is 6.29. The summed E-state index contributed by atoms with van der Waals surface area (Å²) < 4.78 is 4.37. The van der Waals surface area contributed by atoms with Gasteiger partial charge in [-0.3, -0.25) is 9.59 Å². The van der Waals surface area contributed by atoms with Crippen molar-refractivity contribution in [3.8, 4) is 0 Å². The summed E-state index contributed by atoms with van der Waals surface area (Å²) in [6.07, 6.45) is 1.20. The molecule has 0 aliphatic heterocycles. The highest BCUT2D eigenvalue weighted by molar-refractivity contribution is 5.84. The Balaban J connectivity index is 2.48. The molecule has 1 saturated carbocycles. The van der Waals surface area contributed by atoms with Gasteiger partial charge in [0.2, 0.25) is 0 Å². The molecule has 62 valence electrons. The van der Waals surface area contributed by atoms with Crippen LogP contribution in [0, 0.1) is 5.41 Å². The molecule has 0 saturated heterocycles. The van der Waals surface area contributed by atoms with Gasteiger partial charge in [0.25, 0.3) is 0 Å². The van der Waals surface area contributed by atoms with Crippen LogP contribution < -0.4 is 0 Å². The summed E-state index contributed by atoms with van der Waals surface area (Å²) in [7, 11) is 1.26. The average molecular weight is 158 g/mol. The van der Waals surface area contributed by atoms with Crippen LogP contribution in [0.4, 0.5) is 0 Å². The van der Waals surface area contributed by atoms with E-state index in [2.05, 4.69) is 4.74 Å². The van der Waals surface area contributed by atoms with Crippen molar-refractivity contribution in [3.63, 3.8) is 0 Å². The lowest BCUT2D eigenvalue weighted by atomic mass is 10.0. The number of rotatable bonds is 3. The molecule has 0 bridgehead atoms. The maximum absolute atomic E-state index is 10.7. The molecule has 0 atom stereocenters. The lowest BCUT2D eigenvalue weighted by Crippen LogP contribution is -2.19. The van der Waals surface area contributed by atoms with Crippen LogP contribution in [-0.2, 0) is 14.3 Å². The van der Waals surface area contributed by atoms with E-state index in [0.29, 0.717) is 12.8 Å². The summed E-state index contributed by atoms with van der Waals surface area (Å²) in [6, 6.07) is 0. The second-order valence-corrected chi connectivity index (χ2v) is 2.84. The van der Waals surface area contributed by atoms with E-state index in [0.717, 1.165) is 0 Å². The summed E-state index contributed by atoms with van der Waals surface area (Å²) in [5.41, 5.74) is -0.785. The van der Waals surface area contributed by atoms with E-state index in [1.165, 1.54) is 7.11 Å². The molecule has 0 radical (unpaired) electrons. The van der Waals surface area contributed by atoms with Crippen molar-refractivity contribution in [1.29, 1.82) is 0 Å². The highest BCUT2D eigenvalue weighted by atomic mass is 16.5. The van der Waals surface area contributed by atoms with Gasteiger partial charge in [0.15, 0.2) is 0 Å². The summed E-state index contributed by atoms with van der Waals surface area (Å²) in [5.74, 6) is -1.33. The van der Waals surface area contributed by atoms with Gasteiger partial charge >= 0.3 is 11.9 Å². The molecule has 0 aromatic rings. The first kappa shape index (κ1) is 8.04. The quantitative estimate of drug-likeness (QED) is 0.604. The Morgan fingerprint density at radius 2 is 2.09 bits per heavy atom. The Bertz CT molecular complexity index is 193. The maximum atomic E-state index is 10.7. The molecule has 1 N–H and O–H groups in total. The molecule has 1 aliphatic carbocycles. The van der Waals surface area contributed by atoms with Crippen LogP contribution in [0.1, 0.15) is 19.3 Å². The number of carboxylic acids is 1. The van der Waals surface area contributed by atoms with Gasteiger partial charge in [0, 0.05) is 0 Å². The predicted octanol–water partition coefficient (Wildman–Crippen LogP) is 0.414. The summed E-state index contributed by atoms with van der Waals surface area (Å²) in [6.45, 7) is 0. The third-order valence-electron chi connectivity index (χ3n) is 2.02. The molecular formula is C7H10O4. The van der Waals surface area contributed by atoms with Gasteiger partial charge in [-0.2, -0.15) is 0 Å². The minimum absolute atomic E-state index is 0.0127. The summed E-state index contributed by atoms with van der Waals surface area (Å²) in [5, 5.41) is 8.64. The van der Waals surface area contributed by atoms with Crippen LogP contribution in [0.5, 0.6) is 0 Å². The number of ether oxygens (including phenoxy) is 1. The average Bonchev–Trinajstić information content (AvgIpc) is 2.69. The van der Waals surface area contributed by atoms with Gasteiger partial charge in [-0.15, -0.1) is 0 Å². The van der Waals surface area contributed by atoms with Gasteiger partial charge in [0.05, 0.1) is 18.9 Å². The fraction of sp³-hybridized carbons (Fsp3) is 0.714. The summed E-state index contributed by atoms with van der Waals surface area (Å²) >= 11 is 0. The van der Waals surface area contributed by atoms with Gasteiger partial charge in [0.1, 0.15) is 0 Å². The molecule has 1 fully saturated rings. The first-order valence-corrected chi connectivity index (χ1v) is 3.41. The number of esters is 1. The fourth-order valence-electron chi connectivity index (χ4n) is 0.966. The first-order chi connectivity index (χ1) is 5.10. The van der Waals surface area contributed by atoms with E-state index in [9.17, 15) is 9.59 Å². The topological polar surface area (TPSA) is 63.6 Å². The molecule has 0 spiro atoms. The Hall–Kier alpha value is -1.06. The van der Waals surface area contributed by atoms with E-state index in [1.807, 2.05) is 0 Å². The van der Waals surface area contributed by atoms with E-state index in [-0.39, 0.29) is 6.42 Å². The minimum atomic E-state index is -0.886. The van der Waals surface area contributed by atoms with E-state index in [4.69, 9.17) is 5.11 Å². The SMILES string of the molecule is COC(=O)CC1(C(=O)O)CC1. The highest BCUT2D eigenvalue weighted by Crippen LogP contribution is 2.49. The number of carbonyl (C=O) groups is 2. The monoisotopic (exact) mass is 158 g/mol. The van der Waals surface area contributed by atoms with Crippen molar-refractivity contribution >= 4 is 11.9 Å². The molecule has 0 heterocycles. The van der Waals surface area contributed by atoms with E-state index < -0.39 is 17.4 Å². The number of carboxylic acid groups (broad SMARTS) is 1. The van der Waals surface area contributed by atoms with Crippen molar-refractivity contribution in [2.24, 2.45) is 5.41 Å². The molecule has 1 rings (SSSR count). The van der Waals surface area contributed by atoms with Crippen LogP contribution in [0.3, 0.4) is 0 Å². The normalized spacial score (nSPS) is 19.0. The van der Waals surface area contributed by atoms with Crippen molar-refractivity contribution in [3.05, 3.63) is 0 Å². The Labute approximate surface area is 64.2 Å². The Kier molecular flexibility index (Phi) is 1.85. The van der Waals surface area contributed by atoms with Gasteiger partial charge in [-0.05, 0) is 12.8 Å². The van der Waals surface area contributed by atoms with Crippen LogP contribution in [0.2, 0.25) is 0 Å². The van der Waals surface area contributed by atoms with Crippen LogP contribution in [-0.4, -0.2) is 24.2 Å². The highest BCUT2D eigenvalue weighted by Gasteiger charge is 2.51. The van der Waals surface area contributed by atoms with Gasteiger partial charge in [-0.1, -0.05) is 0 Å². The molecule has 0 amide bonds. The lowest BCUT2D eigenvalue weighted by Gasteiger charge is -2.05. The maximum Gasteiger partial charge on any atom is 0.310 e. The number of aliphatic carboxylic acids is 1. The molecule has 4 heteroatoms. The van der Waals surface area contributed by atoms with Crippen molar-refractivity contribution in [2.75, 3.05) is 7.11 Å². The molecule has 4 nitrogen and oxygen atoms in total. The van der Waals surface area contributed by atoms with Crippen LogP contribution in [0.15, 0.2) is 0 Å². The predicted molar refractivity (Wildman–Crippen MR) is 35.9 cm³/mol. The number of hydrogen-bond donors (Lipinski definition) is 1. The number of hydrogen-bond acceptors (Lipinski definition) is 3. The first-order valence-electron chi connectivity index (χ1n) is 3.41. The van der Waals surface area contributed by atoms with E-state index >= 15 is 0 Å². The smallest absolute Gasteiger partial charge is 0.310 e. The standard InChI is InChI=1S/C7H10O4/c1-11-5(8)4-7(2-3-7)6(9)10/h2-4H2,1H3,(H,9,10). The van der Waals surface area contributed by atoms with Gasteiger partial charge in [-0.25, -0.2) is 0 Å². The molecule has 1 aliphatic rings.